The van der Waals surface area contributed by atoms with Gasteiger partial charge in [0.2, 0.25) is 0 Å². The summed E-state index contributed by atoms with van der Waals surface area (Å²) in [6.07, 6.45) is 7.48. The Morgan fingerprint density at radius 2 is 2.42 bits per heavy atom. The van der Waals surface area contributed by atoms with Crippen LogP contribution in [-0.4, -0.2) is 33.5 Å². The molecule has 19 heavy (non-hydrogen) atoms. The van der Waals surface area contributed by atoms with Gasteiger partial charge in [-0.3, -0.25) is 9.48 Å². The molecule has 1 heterocycles. The molecule has 2 atom stereocenters. The monoisotopic (exact) mass is 265 g/mol. The number of aromatic nitrogens is 3. The van der Waals surface area contributed by atoms with Crippen LogP contribution in [0.4, 0.5) is 0 Å². The zero-order valence-electron chi connectivity index (χ0n) is 11.5. The summed E-state index contributed by atoms with van der Waals surface area (Å²) in [5.41, 5.74) is 5.82. The Morgan fingerprint density at radius 1 is 1.58 bits per heavy atom. The van der Waals surface area contributed by atoms with Crippen LogP contribution in [-0.2, 0) is 6.54 Å². The number of nitrogens with one attached hydrogen (secondary N) is 1. The van der Waals surface area contributed by atoms with Crippen molar-refractivity contribution in [2.24, 2.45) is 11.7 Å². The molecule has 1 aromatic rings. The Balaban J connectivity index is 1.88. The molecule has 6 nitrogen and oxygen atoms in total. The number of carbonyl (C=O) groups is 1. The van der Waals surface area contributed by atoms with Crippen molar-refractivity contribution in [2.45, 2.75) is 51.6 Å². The third-order valence-corrected chi connectivity index (χ3v) is 3.82. The third-order valence-electron chi connectivity index (χ3n) is 3.82. The Hall–Kier alpha value is -1.43. The van der Waals surface area contributed by atoms with Gasteiger partial charge in [0.05, 0.1) is 12.7 Å². The summed E-state index contributed by atoms with van der Waals surface area (Å²) in [5.74, 6) is 0.622. The van der Waals surface area contributed by atoms with Gasteiger partial charge in [-0.25, -0.2) is 0 Å². The number of hydrogen-bond acceptors (Lipinski definition) is 4. The molecule has 1 amide bonds. The number of hydrogen-bond donors (Lipinski definition) is 2. The molecule has 1 aliphatic carbocycles. The van der Waals surface area contributed by atoms with Crippen LogP contribution >= 0.6 is 0 Å². The molecule has 0 aliphatic heterocycles. The maximum atomic E-state index is 12.1. The highest BCUT2D eigenvalue weighted by Crippen LogP contribution is 2.26. The lowest BCUT2D eigenvalue weighted by Gasteiger charge is -2.28. The predicted octanol–water partition coefficient (Wildman–Crippen LogP) is 0.935. The maximum absolute atomic E-state index is 12.1. The van der Waals surface area contributed by atoms with Crippen LogP contribution in [0.3, 0.4) is 0 Å². The Morgan fingerprint density at radius 3 is 3.16 bits per heavy atom. The van der Waals surface area contributed by atoms with E-state index in [0.29, 0.717) is 18.8 Å². The van der Waals surface area contributed by atoms with Gasteiger partial charge in [0, 0.05) is 12.6 Å². The van der Waals surface area contributed by atoms with Gasteiger partial charge < -0.3 is 11.1 Å². The van der Waals surface area contributed by atoms with Gasteiger partial charge in [0.1, 0.15) is 0 Å². The molecular formula is C13H23N5O. The van der Waals surface area contributed by atoms with E-state index in [9.17, 15) is 4.79 Å². The van der Waals surface area contributed by atoms with E-state index in [1.807, 2.05) is 0 Å². The van der Waals surface area contributed by atoms with Crippen LogP contribution in [0.2, 0.25) is 0 Å². The average molecular weight is 265 g/mol. The average Bonchev–Trinajstić information content (AvgIpc) is 2.88. The van der Waals surface area contributed by atoms with E-state index in [4.69, 9.17) is 5.73 Å². The number of rotatable bonds is 5. The lowest BCUT2D eigenvalue weighted by atomic mass is 9.84. The number of nitrogens with two attached hydrogens (primary N) is 1. The molecule has 3 N–H and O–H groups in total. The first-order chi connectivity index (χ1) is 9.22. The van der Waals surface area contributed by atoms with Gasteiger partial charge in [-0.05, 0) is 18.8 Å². The van der Waals surface area contributed by atoms with Gasteiger partial charge in [-0.2, -0.15) is 0 Å². The first-order valence-electron chi connectivity index (χ1n) is 7.14. The van der Waals surface area contributed by atoms with Gasteiger partial charge in [0.25, 0.3) is 5.91 Å². The third kappa shape index (κ3) is 3.76. The summed E-state index contributed by atoms with van der Waals surface area (Å²) in [5, 5.41) is 10.8. The SMILES string of the molecule is CCC1CCCC(NC(=O)c2cn(CCN)nn2)C1. The largest absolute Gasteiger partial charge is 0.348 e. The van der Waals surface area contributed by atoms with E-state index in [-0.39, 0.29) is 11.9 Å². The molecule has 0 saturated heterocycles. The van der Waals surface area contributed by atoms with Crippen molar-refractivity contribution < 1.29 is 4.79 Å². The molecular weight excluding hydrogens is 242 g/mol. The van der Waals surface area contributed by atoms with Crippen LogP contribution in [0.5, 0.6) is 0 Å². The van der Waals surface area contributed by atoms with Crippen molar-refractivity contribution in [2.75, 3.05) is 6.54 Å². The first kappa shape index (κ1) is 14.0. The molecule has 1 aromatic heterocycles. The van der Waals surface area contributed by atoms with Crippen LogP contribution in [0.1, 0.15) is 49.5 Å². The molecule has 6 heteroatoms. The van der Waals surface area contributed by atoms with Crippen LogP contribution in [0.15, 0.2) is 6.20 Å². The van der Waals surface area contributed by atoms with Gasteiger partial charge in [-0.15, -0.1) is 5.10 Å². The Labute approximate surface area is 113 Å². The van der Waals surface area contributed by atoms with Crippen LogP contribution < -0.4 is 11.1 Å². The fourth-order valence-corrected chi connectivity index (χ4v) is 2.70. The fraction of sp³-hybridized carbons (Fsp3) is 0.769. The summed E-state index contributed by atoms with van der Waals surface area (Å²) in [6.45, 7) is 3.29. The van der Waals surface area contributed by atoms with Crippen molar-refractivity contribution in [3.8, 4) is 0 Å². The molecule has 1 saturated carbocycles. The maximum Gasteiger partial charge on any atom is 0.273 e. The van der Waals surface area contributed by atoms with E-state index in [2.05, 4.69) is 22.6 Å². The summed E-state index contributed by atoms with van der Waals surface area (Å²) in [7, 11) is 0. The minimum atomic E-state index is -0.120. The summed E-state index contributed by atoms with van der Waals surface area (Å²) >= 11 is 0. The van der Waals surface area contributed by atoms with Gasteiger partial charge >= 0.3 is 0 Å². The zero-order valence-corrected chi connectivity index (χ0v) is 11.5. The van der Waals surface area contributed by atoms with Crippen LogP contribution in [0.25, 0.3) is 0 Å². The normalized spacial score (nSPS) is 23.3. The molecule has 0 radical (unpaired) electrons. The summed E-state index contributed by atoms with van der Waals surface area (Å²) < 4.78 is 1.60. The fourth-order valence-electron chi connectivity index (χ4n) is 2.70. The number of nitrogens with zero attached hydrogens (tertiary/aromatic N) is 3. The lowest BCUT2D eigenvalue weighted by Crippen LogP contribution is -2.38. The van der Waals surface area contributed by atoms with Gasteiger partial charge in [-0.1, -0.05) is 31.4 Å². The van der Waals surface area contributed by atoms with Crippen molar-refractivity contribution in [3.05, 3.63) is 11.9 Å². The van der Waals surface area contributed by atoms with E-state index in [0.717, 1.165) is 18.8 Å². The van der Waals surface area contributed by atoms with E-state index < -0.39 is 0 Å². The second kappa shape index (κ2) is 6.65. The van der Waals surface area contributed by atoms with E-state index in [1.54, 1.807) is 10.9 Å². The van der Waals surface area contributed by atoms with Crippen molar-refractivity contribution in [1.29, 1.82) is 0 Å². The standard InChI is InChI=1S/C13H23N5O/c1-2-10-4-3-5-11(8-10)15-13(19)12-9-18(7-6-14)17-16-12/h9-11H,2-8,14H2,1H3,(H,15,19). The molecule has 0 aromatic carbocycles. The highest BCUT2D eigenvalue weighted by Gasteiger charge is 2.23. The second-order valence-electron chi connectivity index (χ2n) is 5.27. The number of carbonyl (C=O) groups excluding carboxylic acids is 1. The highest BCUT2D eigenvalue weighted by atomic mass is 16.2. The second-order valence-corrected chi connectivity index (χ2v) is 5.27. The summed E-state index contributed by atoms with van der Waals surface area (Å²) in [6, 6.07) is 0.283. The van der Waals surface area contributed by atoms with Crippen molar-refractivity contribution in [1.82, 2.24) is 20.3 Å². The minimum Gasteiger partial charge on any atom is -0.348 e. The van der Waals surface area contributed by atoms with Gasteiger partial charge in [0.15, 0.2) is 5.69 Å². The Kier molecular flexibility index (Phi) is 4.90. The van der Waals surface area contributed by atoms with Crippen molar-refractivity contribution >= 4 is 5.91 Å². The molecule has 106 valence electrons. The summed E-state index contributed by atoms with van der Waals surface area (Å²) in [4.78, 5) is 12.1. The van der Waals surface area contributed by atoms with E-state index in [1.165, 1.54) is 19.3 Å². The smallest absolute Gasteiger partial charge is 0.273 e. The first-order valence-corrected chi connectivity index (χ1v) is 7.14. The van der Waals surface area contributed by atoms with E-state index >= 15 is 0 Å². The molecule has 2 rings (SSSR count). The molecule has 0 bridgehead atoms. The van der Waals surface area contributed by atoms with Crippen molar-refractivity contribution in [3.63, 3.8) is 0 Å². The predicted molar refractivity (Wildman–Crippen MR) is 72.6 cm³/mol. The molecule has 0 spiro atoms. The zero-order chi connectivity index (χ0) is 13.7. The molecule has 1 fully saturated rings. The minimum absolute atomic E-state index is 0.120. The molecule has 2 unspecified atom stereocenters. The molecule has 1 aliphatic rings. The number of amides is 1. The highest BCUT2D eigenvalue weighted by molar-refractivity contribution is 5.92. The lowest BCUT2D eigenvalue weighted by molar-refractivity contribution is 0.0914. The van der Waals surface area contributed by atoms with Crippen LogP contribution in [0, 0.1) is 5.92 Å². The topological polar surface area (TPSA) is 85.8 Å². The quantitative estimate of drug-likeness (QED) is 0.829. The Bertz CT molecular complexity index is 417.